The molecule has 31 heavy (non-hydrogen) atoms. The number of aromatic nitrogens is 4. The Labute approximate surface area is 187 Å². The van der Waals surface area contributed by atoms with Crippen molar-refractivity contribution in [2.75, 3.05) is 0 Å². The predicted octanol–water partition coefficient (Wildman–Crippen LogP) is 2.00. The van der Waals surface area contributed by atoms with Gasteiger partial charge in [0.2, 0.25) is 4.96 Å². The molecule has 5 rings (SSSR count). The smallest absolute Gasteiger partial charge is 0.328 e. The van der Waals surface area contributed by atoms with Crippen LogP contribution in [-0.4, -0.2) is 47.4 Å². The van der Waals surface area contributed by atoms with Gasteiger partial charge in [0.1, 0.15) is 4.53 Å². The van der Waals surface area contributed by atoms with E-state index in [4.69, 9.17) is 0 Å². The maximum Gasteiger partial charge on any atom is 0.328 e. The Balaban J connectivity index is 1.54. The summed E-state index contributed by atoms with van der Waals surface area (Å²) in [5, 5.41) is 19.7. The lowest BCUT2D eigenvalue weighted by Crippen LogP contribution is -2.34. The van der Waals surface area contributed by atoms with E-state index < -0.39 is 12.0 Å². The Morgan fingerprint density at radius 1 is 1.16 bits per heavy atom. The lowest BCUT2D eigenvalue weighted by molar-refractivity contribution is -0.141. The van der Waals surface area contributed by atoms with Gasteiger partial charge in [-0.25, -0.2) is 4.79 Å². The van der Waals surface area contributed by atoms with E-state index >= 15 is 0 Å². The number of halogens is 1. The summed E-state index contributed by atoms with van der Waals surface area (Å²) in [6.45, 7) is 0. The van der Waals surface area contributed by atoms with E-state index in [0.717, 1.165) is 26.9 Å². The number of carboxylic acids is 1. The van der Waals surface area contributed by atoms with Gasteiger partial charge in [0, 0.05) is 35.1 Å². The number of thiazole rings is 1. The summed E-state index contributed by atoms with van der Waals surface area (Å²) in [4.78, 5) is 33.4. The number of hydrazone groups is 1. The molecule has 0 fully saturated rings. The molecular weight excluding hydrogens is 484 g/mol. The summed E-state index contributed by atoms with van der Waals surface area (Å²) in [5.74, 6) is -0.587. The van der Waals surface area contributed by atoms with Crippen LogP contribution in [-0.2, 0) is 4.79 Å². The van der Waals surface area contributed by atoms with Crippen molar-refractivity contribution in [1.29, 1.82) is 0 Å². The average molecular weight is 497 g/mol. The van der Waals surface area contributed by atoms with Crippen LogP contribution < -0.4 is 10.1 Å². The molecule has 1 atom stereocenters. The molecule has 0 unspecified atom stereocenters. The standard InChI is InChI=1S/C20H13BrN6O3S/c21-13-3-1-11(2-4-13)14-9-15(19(29)30)26(24-14)10-16-18(28)27-20(31-16)23-17(25-27)12-5-7-22-8-6-12/h1-8,10,15H,9H2,(H,29,30)/b16-10-/t15-/m0/s1. The van der Waals surface area contributed by atoms with Gasteiger partial charge >= 0.3 is 5.97 Å². The third-order valence-electron chi connectivity index (χ3n) is 4.77. The van der Waals surface area contributed by atoms with Crippen molar-refractivity contribution in [3.63, 3.8) is 0 Å². The normalized spacial score (nSPS) is 16.8. The Bertz CT molecular complexity index is 1430. The number of rotatable bonds is 4. The van der Waals surface area contributed by atoms with E-state index in [0.29, 0.717) is 21.0 Å². The van der Waals surface area contributed by atoms with Crippen LogP contribution >= 0.6 is 27.3 Å². The summed E-state index contributed by atoms with van der Waals surface area (Å²) in [6.07, 6.45) is 4.94. The quantitative estimate of drug-likeness (QED) is 0.459. The SMILES string of the molecule is O=C(O)[C@@H]1CC(c2ccc(Br)cc2)=NN1/C=c1\sc2nc(-c3ccncc3)nn2c1=O. The van der Waals surface area contributed by atoms with E-state index in [1.165, 1.54) is 15.7 Å². The van der Waals surface area contributed by atoms with Crippen molar-refractivity contribution in [3.05, 3.63) is 73.7 Å². The maximum atomic E-state index is 12.8. The second kappa shape index (κ2) is 7.67. The van der Waals surface area contributed by atoms with Gasteiger partial charge < -0.3 is 5.11 Å². The molecule has 9 nitrogen and oxygen atoms in total. The highest BCUT2D eigenvalue weighted by Gasteiger charge is 2.32. The fraction of sp³-hybridized carbons (Fsp3) is 0.100. The molecule has 0 amide bonds. The maximum absolute atomic E-state index is 12.8. The number of fused-ring (bicyclic) bond motifs is 1. The molecule has 154 valence electrons. The molecule has 3 aromatic heterocycles. The second-order valence-electron chi connectivity index (χ2n) is 6.76. The fourth-order valence-corrected chi connectivity index (χ4v) is 4.37. The van der Waals surface area contributed by atoms with Crippen LogP contribution in [0.3, 0.4) is 0 Å². The number of nitrogens with zero attached hydrogens (tertiary/aromatic N) is 6. The molecule has 1 N–H and O–H groups in total. The number of hydrogen-bond donors (Lipinski definition) is 1. The Kier molecular flexibility index (Phi) is 4.83. The summed E-state index contributed by atoms with van der Waals surface area (Å²) < 4.78 is 2.45. The van der Waals surface area contributed by atoms with Crippen LogP contribution in [0, 0.1) is 0 Å². The predicted molar refractivity (Wildman–Crippen MR) is 119 cm³/mol. The zero-order chi connectivity index (χ0) is 21.5. The molecule has 4 heterocycles. The summed E-state index contributed by atoms with van der Waals surface area (Å²) >= 11 is 4.52. The molecule has 0 saturated heterocycles. The van der Waals surface area contributed by atoms with E-state index in [-0.39, 0.29) is 12.0 Å². The minimum Gasteiger partial charge on any atom is -0.480 e. The van der Waals surface area contributed by atoms with Crippen LogP contribution in [0.2, 0.25) is 0 Å². The van der Waals surface area contributed by atoms with Crippen molar-refractivity contribution in [3.8, 4) is 11.4 Å². The second-order valence-corrected chi connectivity index (χ2v) is 8.68. The van der Waals surface area contributed by atoms with Gasteiger partial charge in [-0.05, 0) is 29.8 Å². The van der Waals surface area contributed by atoms with Crippen LogP contribution in [0.1, 0.15) is 12.0 Å². The molecule has 1 aliphatic rings. The molecule has 1 aliphatic heterocycles. The lowest BCUT2D eigenvalue weighted by atomic mass is 10.0. The number of aliphatic carboxylic acids is 1. The lowest BCUT2D eigenvalue weighted by Gasteiger charge is -2.14. The first-order valence-corrected chi connectivity index (χ1v) is 10.8. The first kappa shape index (κ1) is 19.5. The van der Waals surface area contributed by atoms with Gasteiger partial charge in [-0.1, -0.05) is 39.4 Å². The zero-order valence-corrected chi connectivity index (χ0v) is 18.1. The highest BCUT2D eigenvalue weighted by atomic mass is 79.9. The molecule has 11 heteroatoms. The summed E-state index contributed by atoms with van der Waals surface area (Å²) in [5.41, 5.74) is 1.86. The van der Waals surface area contributed by atoms with E-state index in [9.17, 15) is 14.7 Å². The molecule has 4 aromatic rings. The summed E-state index contributed by atoms with van der Waals surface area (Å²) in [7, 11) is 0. The first-order chi connectivity index (χ1) is 15.0. The number of carbonyl (C=O) groups is 1. The monoisotopic (exact) mass is 496 g/mol. The first-order valence-electron chi connectivity index (χ1n) is 9.16. The third-order valence-corrected chi connectivity index (χ3v) is 6.25. The molecule has 0 aliphatic carbocycles. The molecular formula is C20H13BrN6O3S. The number of pyridine rings is 1. The van der Waals surface area contributed by atoms with Crippen LogP contribution in [0.4, 0.5) is 0 Å². The Morgan fingerprint density at radius 2 is 1.90 bits per heavy atom. The number of benzene rings is 1. The van der Waals surface area contributed by atoms with Gasteiger partial charge in [0.25, 0.3) is 5.56 Å². The van der Waals surface area contributed by atoms with Crippen molar-refractivity contribution < 1.29 is 9.90 Å². The molecule has 1 aromatic carbocycles. The molecule has 0 radical (unpaired) electrons. The van der Waals surface area contributed by atoms with Gasteiger partial charge in [-0.2, -0.15) is 14.6 Å². The van der Waals surface area contributed by atoms with Crippen LogP contribution in [0.5, 0.6) is 0 Å². The van der Waals surface area contributed by atoms with E-state index in [1.54, 1.807) is 24.5 Å². The number of carboxylic acid groups (broad SMARTS) is 1. The molecule has 0 spiro atoms. The minimum atomic E-state index is -1.01. The summed E-state index contributed by atoms with van der Waals surface area (Å²) in [6, 6.07) is 10.1. The Hall–Kier alpha value is -3.44. The van der Waals surface area contributed by atoms with E-state index in [2.05, 4.69) is 36.1 Å². The molecule has 0 saturated carbocycles. The fourth-order valence-electron chi connectivity index (χ4n) is 3.23. The Morgan fingerprint density at radius 3 is 2.58 bits per heavy atom. The largest absolute Gasteiger partial charge is 0.480 e. The highest BCUT2D eigenvalue weighted by Crippen LogP contribution is 2.22. The van der Waals surface area contributed by atoms with Crippen LogP contribution in [0.15, 0.2) is 63.2 Å². The van der Waals surface area contributed by atoms with Gasteiger partial charge in [0.15, 0.2) is 11.9 Å². The van der Waals surface area contributed by atoms with Crippen molar-refractivity contribution >= 4 is 50.1 Å². The van der Waals surface area contributed by atoms with E-state index in [1.807, 2.05) is 24.3 Å². The minimum absolute atomic E-state index is 0.231. The van der Waals surface area contributed by atoms with Crippen molar-refractivity contribution in [2.45, 2.75) is 12.5 Å². The number of hydrogen-bond acceptors (Lipinski definition) is 8. The van der Waals surface area contributed by atoms with Gasteiger partial charge in [0.05, 0.1) is 5.71 Å². The highest BCUT2D eigenvalue weighted by molar-refractivity contribution is 9.10. The third kappa shape index (κ3) is 3.62. The molecule has 0 bridgehead atoms. The topological polar surface area (TPSA) is 113 Å². The van der Waals surface area contributed by atoms with Crippen molar-refractivity contribution in [2.24, 2.45) is 5.10 Å². The van der Waals surface area contributed by atoms with Crippen molar-refractivity contribution in [1.82, 2.24) is 24.6 Å². The van der Waals surface area contributed by atoms with Crippen LogP contribution in [0.25, 0.3) is 22.5 Å². The average Bonchev–Trinajstić information content (AvgIpc) is 3.45. The van der Waals surface area contributed by atoms with Gasteiger partial charge in [-0.3, -0.25) is 14.8 Å². The zero-order valence-electron chi connectivity index (χ0n) is 15.7. The van der Waals surface area contributed by atoms with Gasteiger partial charge in [-0.15, -0.1) is 5.10 Å².